The van der Waals surface area contributed by atoms with Gasteiger partial charge in [-0.3, -0.25) is 4.79 Å². The van der Waals surface area contributed by atoms with Crippen molar-refractivity contribution in [3.8, 4) is 5.75 Å². The average Bonchev–Trinajstić information content (AvgIpc) is 3.29. The number of nitrogens with zero attached hydrogens (tertiary/aromatic N) is 1. The maximum Gasteiger partial charge on any atom is 0.253 e. The second-order valence-corrected chi connectivity index (χ2v) is 9.75. The van der Waals surface area contributed by atoms with Gasteiger partial charge in [0.05, 0.1) is 7.11 Å². The third-order valence-corrected chi connectivity index (χ3v) is 8.15. The molecule has 0 aliphatic carbocycles. The summed E-state index contributed by atoms with van der Waals surface area (Å²) in [4.78, 5) is 13.1. The van der Waals surface area contributed by atoms with Gasteiger partial charge in [0.1, 0.15) is 16.0 Å². The topological polar surface area (TPSA) is 75.7 Å². The zero-order valence-electron chi connectivity index (χ0n) is 15.7. The Bertz CT molecular complexity index is 1110. The Hall–Kier alpha value is -2.68. The molecule has 0 fully saturated rings. The zero-order chi connectivity index (χ0) is 20.4. The molecule has 0 radical (unpaired) electrons. The molecule has 0 spiro atoms. The minimum atomic E-state index is -3.79. The highest BCUT2D eigenvalue weighted by Gasteiger charge is 2.40. The first-order chi connectivity index (χ1) is 14.0. The number of carbonyl (C=O) groups is 1. The number of fused-ring (bicyclic) bond motifs is 1. The average molecular weight is 429 g/mol. The number of hydrogen-bond acceptors (Lipinski definition) is 5. The summed E-state index contributed by atoms with van der Waals surface area (Å²) < 4.78 is 33.2. The Labute approximate surface area is 173 Å². The van der Waals surface area contributed by atoms with Crippen molar-refractivity contribution < 1.29 is 17.9 Å². The standard InChI is InChI=1S/C21H20N2O4S2/c1-27-18-10-8-17(9-11-18)22-21(24)19-13-15-5-2-3-6-16(15)14-23(19)29(25,26)20-7-4-12-28-20/h2-12,19H,13-14H2,1H3,(H,22,24). The van der Waals surface area contributed by atoms with E-state index < -0.39 is 16.1 Å². The first kappa shape index (κ1) is 19.6. The van der Waals surface area contributed by atoms with Gasteiger partial charge in [0, 0.05) is 12.2 Å². The molecule has 150 valence electrons. The summed E-state index contributed by atoms with van der Waals surface area (Å²) in [5.41, 5.74) is 2.49. The SMILES string of the molecule is COc1ccc(NC(=O)C2Cc3ccccc3CN2S(=O)(=O)c2cccs2)cc1. The lowest BCUT2D eigenvalue weighted by Gasteiger charge is -2.34. The summed E-state index contributed by atoms with van der Waals surface area (Å²) in [5.74, 6) is 0.321. The van der Waals surface area contributed by atoms with Crippen LogP contribution in [0.4, 0.5) is 5.69 Å². The molecule has 1 unspecified atom stereocenters. The maximum atomic E-state index is 13.2. The van der Waals surface area contributed by atoms with Crippen molar-refractivity contribution in [1.82, 2.24) is 4.31 Å². The number of benzene rings is 2. The van der Waals surface area contributed by atoms with Gasteiger partial charge in [0.2, 0.25) is 5.91 Å². The molecule has 8 heteroatoms. The number of ether oxygens (including phenoxy) is 1. The van der Waals surface area contributed by atoms with E-state index in [1.807, 2.05) is 24.3 Å². The number of rotatable bonds is 5. The van der Waals surface area contributed by atoms with Gasteiger partial charge in [-0.25, -0.2) is 8.42 Å². The van der Waals surface area contributed by atoms with Gasteiger partial charge in [-0.2, -0.15) is 4.31 Å². The number of sulfonamides is 1. The zero-order valence-corrected chi connectivity index (χ0v) is 17.4. The van der Waals surface area contributed by atoms with Gasteiger partial charge in [0.25, 0.3) is 10.0 Å². The van der Waals surface area contributed by atoms with Crippen LogP contribution in [0.2, 0.25) is 0 Å². The van der Waals surface area contributed by atoms with Crippen molar-refractivity contribution in [2.45, 2.75) is 23.2 Å². The van der Waals surface area contributed by atoms with E-state index in [0.29, 0.717) is 17.9 Å². The Morgan fingerprint density at radius 3 is 2.45 bits per heavy atom. The number of carbonyl (C=O) groups excluding carboxylic acids is 1. The maximum absolute atomic E-state index is 13.2. The molecule has 4 rings (SSSR count). The third kappa shape index (κ3) is 3.91. The smallest absolute Gasteiger partial charge is 0.253 e. The Morgan fingerprint density at radius 2 is 1.79 bits per heavy atom. The van der Waals surface area contributed by atoms with Crippen LogP contribution in [0, 0.1) is 0 Å². The molecule has 3 aromatic rings. The summed E-state index contributed by atoms with van der Waals surface area (Å²) in [6.45, 7) is 0.164. The molecule has 1 aliphatic rings. The van der Waals surface area contributed by atoms with Crippen molar-refractivity contribution >= 4 is 33.0 Å². The first-order valence-electron chi connectivity index (χ1n) is 9.06. The van der Waals surface area contributed by atoms with Crippen LogP contribution in [-0.2, 0) is 27.8 Å². The predicted octanol–water partition coefficient (Wildman–Crippen LogP) is 3.51. The van der Waals surface area contributed by atoms with Gasteiger partial charge in [-0.05, 0) is 53.3 Å². The minimum absolute atomic E-state index is 0.164. The summed E-state index contributed by atoms with van der Waals surface area (Å²) >= 11 is 1.15. The molecular formula is C21H20N2O4S2. The summed E-state index contributed by atoms with van der Waals surface area (Å²) in [5, 5.41) is 4.56. The Kier molecular flexibility index (Phi) is 5.40. The molecule has 2 aromatic carbocycles. The normalized spacial score (nSPS) is 16.8. The molecule has 0 saturated carbocycles. The van der Waals surface area contributed by atoms with Crippen LogP contribution in [0.5, 0.6) is 5.75 Å². The molecule has 2 heterocycles. The van der Waals surface area contributed by atoms with Crippen molar-refractivity contribution in [2.24, 2.45) is 0 Å². The Balaban J connectivity index is 1.66. The van der Waals surface area contributed by atoms with Gasteiger partial charge in [-0.15, -0.1) is 11.3 Å². The molecule has 1 atom stereocenters. The van der Waals surface area contributed by atoms with E-state index in [9.17, 15) is 13.2 Å². The molecule has 1 aromatic heterocycles. The number of anilines is 1. The molecule has 1 N–H and O–H groups in total. The molecular weight excluding hydrogens is 408 g/mol. The van der Waals surface area contributed by atoms with Crippen LogP contribution < -0.4 is 10.1 Å². The van der Waals surface area contributed by atoms with Crippen molar-refractivity contribution in [2.75, 3.05) is 12.4 Å². The second kappa shape index (κ2) is 7.98. The molecule has 6 nitrogen and oxygen atoms in total. The number of hydrogen-bond donors (Lipinski definition) is 1. The third-order valence-electron chi connectivity index (χ3n) is 4.92. The largest absolute Gasteiger partial charge is 0.497 e. The minimum Gasteiger partial charge on any atom is -0.497 e. The molecule has 1 amide bonds. The van der Waals surface area contributed by atoms with Crippen LogP contribution in [0.25, 0.3) is 0 Å². The first-order valence-corrected chi connectivity index (χ1v) is 11.4. The fourth-order valence-corrected chi connectivity index (χ4v) is 6.09. The van der Waals surface area contributed by atoms with Crippen LogP contribution >= 0.6 is 11.3 Å². The van der Waals surface area contributed by atoms with E-state index >= 15 is 0 Å². The van der Waals surface area contributed by atoms with E-state index in [-0.39, 0.29) is 16.7 Å². The van der Waals surface area contributed by atoms with E-state index in [2.05, 4.69) is 5.32 Å². The molecule has 29 heavy (non-hydrogen) atoms. The monoisotopic (exact) mass is 428 g/mol. The second-order valence-electron chi connectivity index (χ2n) is 6.69. The van der Waals surface area contributed by atoms with E-state index in [1.54, 1.807) is 48.9 Å². The van der Waals surface area contributed by atoms with Crippen molar-refractivity contribution in [3.63, 3.8) is 0 Å². The summed E-state index contributed by atoms with van der Waals surface area (Å²) in [6.07, 6.45) is 0.322. The fourth-order valence-electron chi connectivity index (χ4n) is 3.40. The van der Waals surface area contributed by atoms with Gasteiger partial charge in [-0.1, -0.05) is 30.3 Å². The number of thiophene rings is 1. The van der Waals surface area contributed by atoms with Gasteiger partial charge in [0.15, 0.2) is 0 Å². The van der Waals surface area contributed by atoms with E-state index in [0.717, 1.165) is 22.5 Å². The molecule has 0 bridgehead atoms. The van der Waals surface area contributed by atoms with Crippen molar-refractivity contribution in [1.29, 1.82) is 0 Å². The van der Waals surface area contributed by atoms with Gasteiger partial charge >= 0.3 is 0 Å². The predicted molar refractivity (Wildman–Crippen MR) is 113 cm³/mol. The van der Waals surface area contributed by atoms with Crippen LogP contribution in [-0.4, -0.2) is 31.8 Å². The van der Waals surface area contributed by atoms with Gasteiger partial charge < -0.3 is 10.1 Å². The highest BCUT2D eigenvalue weighted by atomic mass is 32.2. The number of amides is 1. The quantitative estimate of drug-likeness (QED) is 0.675. The number of methoxy groups -OCH3 is 1. The summed E-state index contributed by atoms with van der Waals surface area (Å²) in [6, 6.07) is 17.0. The van der Waals surface area contributed by atoms with E-state index in [1.165, 1.54) is 4.31 Å². The molecule has 0 saturated heterocycles. The van der Waals surface area contributed by atoms with Crippen LogP contribution in [0.15, 0.2) is 70.3 Å². The van der Waals surface area contributed by atoms with E-state index in [4.69, 9.17) is 4.74 Å². The highest BCUT2D eigenvalue weighted by molar-refractivity contribution is 7.91. The van der Waals surface area contributed by atoms with Crippen LogP contribution in [0.3, 0.4) is 0 Å². The lowest BCUT2D eigenvalue weighted by Crippen LogP contribution is -2.50. The number of nitrogens with one attached hydrogen (secondary N) is 1. The highest BCUT2D eigenvalue weighted by Crippen LogP contribution is 2.31. The summed E-state index contributed by atoms with van der Waals surface area (Å²) in [7, 11) is -2.22. The Morgan fingerprint density at radius 1 is 1.07 bits per heavy atom. The van der Waals surface area contributed by atoms with Crippen LogP contribution in [0.1, 0.15) is 11.1 Å². The van der Waals surface area contributed by atoms with Crippen molar-refractivity contribution in [3.05, 3.63) is 77.2 Å². The fraction of sp³-hybridized carbons (Fsp3) is 0.190. The lowest BCUT2D eigenvalue weighted by atomic mass is 9.95. The lowest BCUT2D eigenvalue weighted by molar-refractivity contribution is -0.120. The molecule has 1 aliphatic heterocycles.